The van der Waals surface area contributed by atoms with Crippen molar-refractivity contribution < 1.29 is 18.3 Å². The maximum absolute atomic E-state index is 14.0. The van der Waals surface area contributed by atoms with E-state index in [2.05, 4.69) is 15.4 Å². The molecule has 0 unspecified atom stereocenters. The van der Waals surface area contributed by atoms with E-state index in [1.165, 1.54) is 41.8 Å². The zero-order valence-corrected chi connectivity index (χ0v) is 22.6. The molecular formula is C28H24ClF3N6OS. The van der Waals surface area contributed by atoms with Gasteiger partial charge in [0.1, 0.15) is 17.5 Å². The third kappa shape index (κ3) is 5.17. The number of benzene rings is 2. The minimum absolute atomic E-state index is 0.143. The van der Waals surface area contributed by atoms with Gasteiger partial charge in [-0.2, -0.15) is 13.9 Å². The van der Waals surface area contributed by atoms with Crippen LogP contribution in [-0.4, -0.2) is 49.3 Å². The summed E-state index contributed by atoms with van der Waals surface area (Å²) < 4.78 is 41.6. The van der Waals surface area contributed by atoms with E-state index in [1.807, 2.05) is 40.6 Å². The van der Waals surface area contributed by atoms with Gasteiger partial charge in [0.25, 0.3) is 0 Å². The van der Waals surface area contributed by atoms with E-state index < -0.39 is 24.0 Å². The second-order valence-corrected chi connectivity index (χ2v) is 11.1. The molecule has 40 heavy (non-hydrogen) atoms. The number of aliphatic imine (C=N–C) groups is 1. The van der Waals surface area contributed by atoms with Gasteiger partial charge >= 0.3 is 6.55 Å². The van der Waals surface area contributed by atoms with Crippen LogP contribution >= 0.6 is 22.9 Å². The molecule has 0 radical (unpaired) electrons. The van der Waals surface area contributed by atoms with Crippen molar-refractivity contribution in [2.24, 2.45) is 4.99 Å². The molecule has 7 nitrogen and oxygen atoms in total. The highest BCUT2D eigenvalue weighted by molar-refractivity contribution is 7.11. The molecule has 0 bridgehead atoms. The fourth-order valence-corrected chi connectivity index (χ4v) is 6.11. The van der Waals surface area contributed by atoms with Crippen LogP contribution in [0.3, 0.4) is 0 Å². The van der Waals surface area contributed by atoms with Crippen molar-refractivity contribution >= 4 is 34.3 Å². The first-order valence-electron chi connectivity index (χ1n) is 12.6. The number of amidine groups is 1. The van der Waals surface area contributed by atoms with Crippen LogP contribution in [0.15, 0.2) is 83.1 Å². The molecule has 2 aromatic heterocycles. The Morgan fingerprint density at radius 2 is 2.00 bits per heavy atom. The van der Waals surface area contributed by atoms with Gasteiger partial charge in [-0.1, -0.05) is 48.0 Å². The minimum atomic E-state index is -2.83. The van der Waals surface area contributed by atoms with Gasteiger partial charge in [0, 0.05) is 59.1 Å². The Kier molecular flexibility index (Phi) is 7.22. The molecule has 12 heteroatoms. The van der Waals surface area contributed by atoms with Gasteiger partial charge in [-0.05, 0) is 23.8 Å². The number of thiazole rings is 1. The number of halogens is 4. The van der Waals surface area contributed by atoms with Crippen molar-refractivity contribution in [3.05, 3.63) is 111 Å². The maximum Gasteiger partial charge on any atom is 0.333 e. The molecule has 1 fully saturated rings. The lowest BCUT2D eigenvalue weighted by molar-refractivity contribution is 0.0551. The summed E-state index contributed by atoms with van der Waals surface area (Å²) in [5.41, 5.74) is 1.83. The second-order valence-electron chi connectivity index (χ2n) is 9.75. The van der Waals surface area contributed by atoms with Crippen molar-refractivity contribution in [1.29, 1.82) is 0 Å². The first-order chi connectivity index (χ1) is 19.3. The van der Waals surface area contributed by atoms with Crippen molar-refractivity contribution in [3.8, 4) is 0 Å². The fourth-order valence-electron chi connectivity index (χ4n) is 5.20. The summed E-state index contributed by atoms with van der Waals surface area (Å²) in [5.74, 6) is 0.0117. The number of aromatic nitrogens is 3. The zero-order valence-electron chi connectivity index (χ0n) is 21.0. The van der Waals surface area contributed by atoms with Crippen LogP contribution in [0.5, 0.6) is 0 Å². The third-order valence-corrected chi connectivity index (χ3v) is 8.05. The summed E-state index contributed by atoms with van der Waals surface area (Å²) in [7, 11) is 0. The molecule has 6 rings (SSSR count). The van der Waals surface area contributed by atoms with Gasteiger partial charge in [-0.15, -0.1) is 11.3 Å². The Labute approximate surface area is 237 Å². The molecule has 4 aromatic rings. The van der Waals surface area contributed by atoms with Crippen molar-refractivity contribution in [2.45, 2.75) is 31.2 Å². The second kappa shape index (κ2) is 10.8. The number of hydrogen-bond acceptors (Lipinski definition) is 7. The van der Waals surface area contributed by atoms with Crippen LogP contribution in [0.25, 0.3) is 5.57 Å². The molecule has 2 aliphatic heterocycles. The number of hydrogen-bond donors (Lipinski definition) is 2. The van der Waals surface area contributed by atoms with E-state index in [0.29, 0.717) is 38.9 Å². The smallest absolute Gasteiger partial charge is 0.333 e. The van der Waals surface area contributed by atoms with Crippen LogP contribution in [-0.2, 0) is 6.54 Å². The third-order valence-electron chi connectivity index (χ3n) is 6.96. The summed E-state index contributed by atoms with van der Waals surface area (Å²) >= 11 is 7.89. The van der Waals surface area contributed by atoms with Gasteiger partial charge in [0.15, 0.2) is 10.8 Å². The predicted molar refractivity (Wildman–Crippen MR) is 148 cm³/mol. The molecule has 2 atom stereocenters. The van der Waals surface area contributed by atoms with Gasteiger partial charge in [0.2, 0.25) is 0 Å². The Morgan fingerprint density at radius 3 is 2.70 bits per heavy atom. The Bertz CT molecular complexity index is 1580. The fraction of sp³-hybridized carbons (Fsp3) is 0.250. The summed E-state index contributed by atoms with van der Waals surface area (Å²) in [6.07, 6.45) is 3.06. The topological polar surface area (TPSA) is 78.6 Å². The van der Waals surface area contributed by atoms with E-state index >= 15 is 0 Å². The average molecular weight is 585 g/mol. The number of nitrogens with one attached hydrogen (secondary N) is 1. The van der Waals surface area contributed by atoms with Gasteiger partial charge in [-0.25, -0.2) is 14.1 Å². The first kappa shape index (κ1) is 26.7. The van der Waals surface area contributed by atoms with E-state index in [0.717, 1.165) is 5.56 Å². The lowest BCUT2D eigenvalue weighted by Crippen LogP contribution is -2.44. The van der Waals surface area contributed by atoms with Gasteiger partial charge in [0.05, 0.1) is 12.2 Å². The largest absolute Gasteiger partial charge is 0.386 e. The maximum atomic E-state index is 14.0. The van der Waals surface area contributed by atoms with Crippen molar-refractivity contribution in [3.63, 3.8) is 0 Å². The number of alkyl halides is 2. The zero-order chi connectivity index (χ0) is 27.9. The molecule has 0 spiro atoms. The van der Waals surface area contributed by atoms with E-state index in [-0.39, 0.29) is 30.2 Å². The molecular weight excluding hydrogens is 561 g/mol. The molecule has 0 saturated carbocycles. The summed E-state index contributed by atoms with van der Waals surface area (Å²) in [6.45, 7) is -1.79. The van der Waals surface area contributed by atoms with Gasteiger partial charge < -0.3 is 15.3 Å². The normalized spacial score (nSPS) is 20.8. The molecule has 0 aliphatic carbocycles. The van der Waals surface area contributed by atoms with Crippen LogP contribution in [0.4, 0.5) is 13.2 Å². The molecule has 206 valence electrons. The summed E-state index contributed by atoms with van der Waals surface area (Å²) in [6, 6.07) is 14.6. The van der Waals surface area contributed by atoms with Crippen LogP contribution in [0, 0.1) is 5.82 Å². The van der Waals surface area contributed by atoms with E-state index in [9.17, 15) is 18.3 Å². The predicted octanol–water partition coefficient (Wildman–Crippen LogP) is 5.67. The molecule has 2 aromatic carbocycles. The Hall–Kier alpha value is -3.51. The number of rotatable bonds is 8. The van der Waals surface area contributed by atoms with Crippen LogP contribution in [0.1, 0.15) is 40.8 Å². The number of nitrogens with zero attached hydrogens (tertiary/aromatic N) is 5. The highest BCUT2D eigenvalue weighted by atomic mass is 35.5. The van der Waals surface area contributed by atoms with Crippen LogP contribution in [0.2, 0.25) is 5.02 Å². The Balaban J connectivity index is 1.44. The highest BCUT2D eigenvalue weighted by Crippen LogP contribution is 2.48. The Morgan fingerprint density at radius 1 is 1.18 bits per heavy atom. The monoisotopic (exact) mass is 584 g/mol. The lowest BCUT2D eigenvalue weighted by Gasteiger charge is -2.32. The van der Waals surface area contributed by atoms with E-state index in [4.69, 9.17) is 16.6 Å². The number of fused-ring (bicyclic) bond motifs is 1. The SMILES string of the molecule is O[C@]1(CNCc2ccccc2)CC2=C(c3ccn(C(F)F)n3)[C@H](c3ccc(F)cc3Cl)N=C(c3nccs3)N2C1. The molecule has 0 amide bonds. The van der Waals surface area contributed by atoms with Crippen molar-refractivity contribution in [1.82, 2.24) is 25.0 Å². The van der Waals surface area contributed by atoms with E-state index in [1.54, 1.807) is 6.20 Å². The molecule has 1 saturated heterocycles. The minimum Gasteiger partial charge on any atom is -0.386 e. The molecule has 2 aliphatic rings. The standard InChI is InChI=1S/C28H24ClF3N6OS/c29-20-12-18(30)6-7-19(20)24-23(21-8-10-38(36-21)27(31)32)22-13-28(39,15-33-14-17-4-2-1-3-5-17)16-37(22)25(35-24)26-34-9-11-40-26/h1-12,24,27,33,39H,13-16H2/t24-,28-/m0/s1. The van der Waals surface area contributed by atoms with Crippen molar-refractivity contribution in [2.75, 3.05) is 13.1 Å². The lowest BCUT2D eigenvalue weighted by atomic mass is 9.91. The molecule has 2 N–H and O–H groups in total. The molecule has 4 heterocycles. The summed E-state index contributed by atoms with van der Waals surface area (Å²) in [5, 5.41) is 21.9. The highest BCUT2D eigenvalue weighted by Gasteiger charge is 2.47. The quantitative estimate of drug-likeness (QED) is 0.279. The first-order valence-corrected chi connectivity index (χ1v) is 13.8. The average Bonchev–Trinajstić information content (AvgIpc) is 3.69. The number of aliphatic hydroxyl groups is 1. The summed E-state index contributed by atoms with van der Waals surface area (Å²) in [4.78, 5) is 11.3. The van der Waals surface area contributed by atoms with Gasteiger partial charge in [-0.3, -0.25) is 4.99 Å². The van der Waals surface area contributed by atoms with Crippen LogP contribution < -0.4 is 5.32 Å².